The summed E-state index contributed by atoms with van der Waals surface area (Å²) in [5, 5.41) is 3.43. The van der Waals surface area contributed by atoms with E-state index in [0.29, 0.717) is 6.04 Å². The van der Waals surface area contributed by atoms with Gasteiger partial charge in [-0.3, -0.25) is 9.88 Å². The molecular weight excluding hydrogens is 310 g/mol. The summed E-state index contributed by atoms with van der Waals surface area (Å²) in [6.07, 6.45) is 6.44. The molecule has 1 fully saturated rings. The maximum Gasteiger partial charge on any atom is 0.124 e. The van der Waals surface area contributed by atoms with E-state index in [1.807, 2.05) is 12.3 Å². The summed E-state index contributed by atoms with van der Waals surface area (Å²) >= 11 is 0. The molecule has 1 N–H and O–H groups in total. The van der Waals surface area contributed by atoms with Crippen molar-refractivity contribution in [3.63, 3.8) is 0 Å². The number of benzene rings is 1. The van der Waals surface area contributed by atoms with Crippen LogP contribution in [0.15, 0.2) is 48.7 Å². The standard InChI is InChI=1S/C21H27N3O/c1-22-18-9-11-21(12-10-18)16-24(15-19-7-4-5-13-23-19)14-17-6-2-3-8-20(17)25-21/h2-8,13,18,22H,9-12,14-16H2,1H3. The first-order valence-corrected chi connectivity index (χ1v) is 9.33. The van der Waals surface area contributed by atoms with Crippen molar-refractivity contribution < 1.29 is 4.74 Å². The normalized spacial score (nSPS) is 26.7. The summed E-state index contributed by atoms with van der Waals surface area (Å²) in [5.74, 6) is 1.06. The van der Waals surface area contributed by atoms with Gasteiger partial charge in [0.1, 0.15) is 11.4 Å². The number of fused-ring (bicyclic) bond motifs is 1. The molecule has 4 heteroatoms. The summed E-state index contributed by atoms with van der Waals surface area (Å²) < 4.78 is 6.66. The molecule has 1 aromatic carbocycles. The molecule has 0 bridgehead atoms. The Morgan fingerprint density at radius 1 is 1.16 bits per heavy atom. The molecule has 1 saturated carbocycles. The molecule has 2 aliphatic rings. The average Bonchev–Trinajstić information content (AvgIpc) is 2.79. The summed E-state index contributed by atoms with van der Waals surface area (Å²) in [6.45, 7) is 2.76. The van der Waals surface area contributed by atoms with Gasteiger partial charge in [0.05, 0.1) is 5.69 Å². The van der Waals surface area contributed by atoms with Gasteiger partial charge < -0.3 is 10.1 Å². The molecule has 0 saturated heterocycles. The fraction of sp³-hybridized carbons (Fsp3) is 0.476. The van der Waals surface area contributed by atoms with Crippen LogP contribution in [0.25, 0.3) is 0 Å². The van der Waals surface area contributed by atoms with Crippen LogP contribution < -0.4 is 10.1 Å². The first-order valence-electron chi connectivity index (χ1n) is 9.33. The zero-order chi connectivity index (χ0) is 17.1. The summed E-state index contributed by atoms with van der Waals surface area (Å²) in [6, 6.07) is 15.3. The van der Waals surface area contributed by atoms with E-state index in [1.54, 1.807) is 0 Å². The molecule has 0 atom stereocenters. The van der Waals surface area contributed by atoms with Gasteiger partial charge in [-0.05, 0) is 50.9 Å². The van der Waals surface area contributed by atoms with Gasteiger partial charge in [-0.25, -0.2) is 0 Å². The maximum absolute atomic E-state index is 6.66. The number of rotatable bonds is 3. The number of pyridine rings is 1. The highest BCUT2D eigenvalue weighted by Gasteiger charge is 2.40. The number of para-hydroxylation sites is 1. The fourth-order valence-electron chi connectivity index (χ4n) is 4.23. The minimum absolute atomic E-state index is 0.0747. The minimum Gasteiger partial charge on any atom is -0.486 e. The van der Waals surface area contributed by atoms with E-state index >= 15 is 0 Å². The molecule has 132 valence electrons. The Morgan fingerprint density at radius 2 is 1.96 bits per heavy atom. The number of ether oxygens (including phenoxy) is 1. The van der Waals surface area contributed by atoms with E-state index in [2.05, 4.69) is 58.6 Å². The van der Waals surface area contributed by atoms with Crippen molar-refractivity contribution in [1.82, 2.24) is 15.2 Å². The maximum atomic E-state index is 6.66. The molecule has 4 rings (SSSR count). The monoisotopic (exact) mass is 337 g/mol. The molecule has 1 spiro atoms. The lowest BCUT2D eigenvalue weighted by Gasteiger charge is -2.41. The first kappa shape index (κ1) is 16.6. The van der Waals surface area contributed by atoms with Crippen molar-refractivity contribution in [2.75, 3.05) is 13.6 Å². The van der Waals surface area contributed by atoms with Crippen molar-refractivity contribution in [1.29, 1.82) is 0 Å². The number of nitrogens with one attached hydrogen (secondary N) is 1. The van der Waals surface area contributed by atoms with Crippen LogP contribution in [0.4, 0.5) is 0 Å². The van der Waals surface area contributed by atoms with Gasteiger partial charge in [-0.2, -0.15) is 0 Å². The van der Waals surface area contributed by atoms with Crippen LogP contribution >= 0.6 is 0 Å². The Kier molecular flexibility index (Phi) is 4.73. The molecule has 25 heavy (non-hydrogen) atoms. The average molecular weight is 337 g/mol. The molecule has 4 nitrogen and oxygen atoms in total. The highest BCUT2D eigenvalue weighted by atomic mass is 16.5. The van der Waals surface area contributed by atoms with Gasteiger partial charge in [-0.15, -0.1) is 0 Å². The van der Waals surface area contributed by atoms with E-state index in [-0.39, 0.29) is 5.60 Å². The molecule has 0 unspecified atom stereocenters. The van der Waals surface area contributed by atoms with E-state index in [0.717, 1.165) is 43.9 Å². The Bertz CT molecular complexity index is 695. The molecule has 1 aromatic heterocycles. The van der Waals surface area contributed by atoms with Crippen molar-refractivity contribution >= 4 is 0 Å². The molecule has 0 amide bonds. The smallest absolute Gasteiger partial charge is 0.124 e. The second-order valence-corrected chi connectivity index (χ2v) is 7.42. The van der Waals surface area contributed by atoms with Crippen LogP contribution in [-0.4, -0.2) is 35.1 Å². The van der Waals surface area contributed by atoms with Gasteiger partial charge >= 0.3 is 0 Å². The zero-order valence-corrected chi connectivity index (χ0v) is 14.9. The molecule has 0 radical (unpaired) electrons. The van der Waals surface area contributed by atoms with Crippen molar-refractivity contribution in [3.8, 4) is 5.75 Å². The lowest BCUT2D eigenvalue weighted by Crippen LogP contribution is -2.50. The van der Waals surface area contributed by atoms with E-state index in [9.17, 15) is 0 Å². The SMILES string of the molecule is CNC1CCC2(CC1)CN(Cc1ccccn1)Cc1ccccc1O2. The lowest BCUT2D eigenvalue weighted by molar-refractivity contribution is -0.00344. The third-order valence-corrected chi connectivity index (χ3v) is 5.62. The second kappa shape index (κ2) is 7.14. The van der Waals surface area contributed by atoms with Crippen LogP contribution in [-0.2, 0) is 13.1 Å². The van der Waals surface area contributed by atoms with Crippen molar-refractivity contribution in [2.45, 2.75) is 50.4 Å². The second-order valence-electron chi connectivity index (χ2n) is 7.42. The van der Waals surface area contributed by atoms with Gasteiger partial charge in [0.2, 0.25) is 0 Å². The number of hydrogen-bond donors (Lipinski definition) is 1. The van der Waals surface area contributed by atoms with Crippen LogP contribution in [0.1, 0.15) is 36.9 Å². The fourth-order valence-corrected chi connectivity index (χ4v) is 4.23. The van der Waals surface area contributed by atoms with Gasteiger partial charge in [0.25, 0.3) is 0 Å². The van der Waals surface area contributed by atoms with E-state index in [4.69, 9.17) is 4.74 Å². The van der Waals surface area contributed by atoms with Crippen LogP contribution in [0.3, 0.4) is 0 Å². The largest absolute Gasteiger partial charge is 0.486 e. The van der Waals surface area contributed by atoms with E-state index in [1.165, 1.54) is 18.4 Å². The number of aromatic nitrogens is 1. The van der Waals surface area contributed by atoms with Gasteiger partial charge in [-0.1, -0.05) is 24.3 Å². The Morgan fingerprint density at radius 3 is 2.72 bits per heavy atom. The van der Waals surface area contributed by atoms with E-state index < -0.39 is 0 Å². The lowest BCUT2D eigenvalue weighted by atomic mass is 9.81. The Labute approximate surface area is 150 Å². The van der Waals surface area contributed by atoms with Crippen molar-refractivity contribution in [2.24, 2.45) is 0 Å². The highest BCUT2D eigenvalue weighted by Crippen LogP contribution is 2.38. The summed E-state index contributed by atoms with van der Waals surface area (Å²) in [5.41, 5.74) is 2.33. The molecule has 2 aromatic rings. The topological polar surface area (TPSA) is 37.4 Å². The van der Waals surface area contributed by atoms with Gasteiger partial charge in [0.15, 0.2) is 0 Å². The summed E-state index contributed by atoms with van der Waals surface area (Å²) in [4.78, 5) is 7.03. The molecule has 1 aliphatic heterocycles. The third kappa shape index (κ3) is 3.70. The molecular formula is C21H27N3O. The quantitative estimate of drug-likeness (QED) is 0.932. The summed E-state index contributed by atoms with van der Waals surface area (Å²) in [7, 11) is 2.07. The predicted octanol–water partition coefficient (Wildman–Crippen LogP) is 3.38. The van der Waals surface area contributed by atoms with Crippen molar-refractivity contribution in [3.05, 3.63) is 59.9 Å². The highest BCUT2D eigenvalue weighted by molar-refractivity contribution is 5.35. The minimum atomic E-state index is -0.0747. The first-order chi connectivity index (χ1) is 12.3. The molecule has 2 heterocycles. The van der Waals surface area contributed by atoms with Crippen LogP contribution in [0, 0.1) is 0 Å². The molecule has 1 aliphatic carbocycles. The van der Waals surface area contributed by atoms with Crippen LogP contribution in [0.2, 0.25) is 0 Å². The number of hydrogen-bond acceptors (Lipinski definition) is 4. The number of nitrogens with zero attached hydrogens (tertiary/aromatic N) is 2. The zero-order valence-electron chi connectivity index (χ0n) is 14.9. The Balaban J connectivity index is 1.60. The third-order valence-electron chi connectivity index (χ3n) is 5.62. The van der Waals surface area contributed by atoms with Gasteiger partial charge in [0, 0.05) is 37.4 Å². The van der Waals surface area contributed by atoms with Crippen LogP contribution in [0.5, 0.6) is 5.75 Å². The predicted molar refractivity (Wildman–Crippen MR) is 99.5 cm³/mol. The Hall–Kier alpha value is -1.91.